The van der Waals surface area contributed by atoms with Crippen molar-refractivity contribution < 1.29 is 93.3 Å². The largest absolute Gasteiger partial charge is 0.534 e. The number of rotatable bonds is 9. The van der Waals surface area contributed by atoms with Gasteiger partial charge in [-0.05, 0) is 160 Å². The van der Waals surface area contributed by atoms with Crippen LogP contribution in [0.5, 0.6) is 0 Å². The number of piperidine rings is 2. The fraction of sp³-hybridized carbons (Fsp3) is 0.693. The summed E-state index contributed by atoms with van der Waals surface area (Å²) >= 11 is 0. The van der Waals surface area contributed by atoms with Crippen LogP contribution in [0.2, 0.25) is 0 Å². The molecule has 5 aliphatic heterocycles. The zero-order valence-electron chi connectivity index (χ0n) is 58.2. The quantitative estimate of drug-likeness (QED) is 0.0770. The van der Waals surface area contributed by atoms with Gasteiger partial charge in [-0.25, -0.2) is 9.59 Å². The van der Waals surface area contributed by atoms with Crippen molar-refractivity contribution in [3.8, 4) is 0 Å². The number of carbonyl (C=O) groups is 9. The second kappa shape index (κ2) is 26.4. The van der Waals surface area contributed by atoms with Crippen LogP contribution in [0.1, 0.15) is 170 Å². The van der Waals surface area contributed by atoms with Gasteiger partial charge in [0.05, 0.1) is 35.5 Å². The Balaban J connectivity index is 0.000000180. The van der Waals surface area contributed by atoms with E-state index in [0.29, 0.717) is 108 Å². The molecule has 9 fully saturated rings. The number of ether oxygens (including phenoxy) is 4. The molecule has 0 aromatic heterocycles. The molecule has 100 heavy (non-hydrogen) atoms. The first-order valence-electron chi connectivity index (χ1n) is 36.2. The molecule has 0 bridgehead atoms. The fourth-order valence-electron chi connectivity index (χ4n) is 21.7. The summed E-state index contributed by atoms with van der Waals surface area (Å²) in [4.78, 5) is 122. The van der Waals surface area contributed by atoms with Gasteiger partial charge < -0.3 is 39.4 Å². The summed E-state index contributed by atoms with van der Waals surface area (Å²) in [5, 5.41) is 6.03. The summed E-state index contributed by atoms with van der Waals surface area (Å²) < 4.78 is 107. The highest BCUT2D eigenvalue weighted by Gasteiger charge is 2.68. The van der Waals surface area contributed by atoms with Crippen LogP contribution in [0.3, 0.4) is 0 Å². The molecule has 0 radical (unpaired) electrons. The van der Waals surface area contributed by atoms with Crippen LogP contribution >= 0.6 is 0 Å². The number of carbonyl (C=O) groups excluding carboxylic acids is 9. The SMILES string of the molecule is CC1=C2C(=O)[C@H]3[C@@H](CC=C4C[C@@H](OC(=O)NCCNC(=O)CCc5ccccc5)CC[C@@]43C)[C@@H]2CCC12O[C@@H]1C[C@H](C)CN(C(=O)C(F)(F)F)[C@H]1[C@H]2C.CC1=C2C(=O)[C@H]3[C@@H](CC=C4C[C@@H](OC(=O)ON5C(=O)CCC5=O)CC[C@@]43C)[C@@H]2CCC12O[C@@H]1C[C@H](C)CN(C(=O)C(F)(F)F)[C@H]1[C@H]2C. The van der Waals surface area contributed by atoms with E-state index in [2.05, 4.69) is 36.6 Å². The first-order chi connectivity index (χ1) is 47.2. The Morgan fingerprint density at radius 3 is 1.52 bits per heavy atom. The number of aryl methyl sites for hydroxylation is 1. The zero-order chi connectivity index (χ0) is 71.7. The average molecular weight is 1400 g/mol. The summed E-state index contributed by atoms with van der Waals surface area (Å²) in [7, 11) is 0. The number of ketones is 2. The average Bonchev–Trinajstić information content (AvgIpc) is 1.54. The number of Topliss-reactive ketones (excluding diaryl/α,β-unsaturated/α-hetero) is 2. The molecule has 5 heterocycles. The second-order valence-electron chi connectivity index (χ2n) is 31.8. The maximum absolute atomic E-state index is 14.6. The maximum Gasteiger partial charge on any atom is 0.534 e. The lowest BCUT2D eigenvalue weighted by molar-refractivity contribution is -0.192. The first kappa shape index (κ1) is 71.5. The van der Waals surface area contributed by atoms with Crippen molar-refractivity contribution in [3.05, 3.63) is 81.5 Å². The Morgan fingerprint density at radius 2 is 1.06 bits per heavy atom. The fourth-order valence-corrected chi connectivity index (χ4v) is 21.7. The number of benzene rings is 1. The van der Waals surface area contributed by atoms with Gasteiger partial charge in [0.2, 0.25) is 5.91 Å². The Morgan fingerprint density at radius 1 is 0.610 bits per heavy atom. The van der Waals surface area contributed by atoms with Gasteiger partial charge in [-0.3, -0.25) is 38.4 Å². The molecule has 544 valence electrons. The minimum Gasteiger partial charge on any atom is -0.446 e. The van der Waals surface area contributed by atoms with E-state index in [1.54, 1.807) is 0 Å². The lowest BCUT2D eigenvalue weighted by Crippen LogP contribution is -2.57. The van der Waals surface area contributed by atoms with Crippen LogP contribution in [0, 0.1) is 70.0 Å². The molecule has 2 spiro atoms. The van der Waals surface area contributed by atoms with Gasteiger partial charge in [-0.1, -0.05) is 100 Å². The van der Waals surface area contributed by atoms with E-state index in [9.17, 15) is 69.5 Å². The monoisotopic (exact) mass is 1400 g/mol. The van der Waals surface area contributed by atoms with E-state index in [-0.39, 0.29) is 109 Å². The molecular weight excluding hydrogens is 1310 g/mol. The summed E-state index contributed by atoms with van der Waals surface area (Å²) in [6.07, 6.45) is 0.327. The molecule has 20 atom stereocenters. The van der Waals surface area contributed by atoms with Gasteiger partial charge in [0, 0.05) is 93.1 Å². The molecule has 2 unspecified atom stereocenters. The topological polar surface area (TPSA) is 234 Å². The van der Waals surface area contributed by atoms with E-state index in [0.717, 1.165) is 55.2 Å². The summed E-state index contributed by atoms with van der Waals surface area (Å²) in [5.41, 5.74) is 3.78. The van der Waals surface area contributed by atoms with Crippen LogP contribution in [0.15, 0.2) is 75.9 Å². The number of likely N-dealkylation sites (tertiary alicyclic amines) is 2. The molecule has 5 saturated heterocycles. The van der Waals surface area contributed by atoms with E-state index in [1.165, 1.54) is 0 Å². The molecule has 2 N–H and O–H groups in total. The molecule has 13 aliphatic rings. The van der Waals surface area contributed by atoms with Crippen molar-refractivity contribution >= 4 is 53.4 Å². The van der Waals surface area contributed by atoms with Gasteiger partial charge in [0.15, 0.2) is 11.6 Å². The van der Waals surface area contributed by atoms with Crippen LogP contribution in [0.25, 0.3) is 0 Å². The highest BCUT2D eigenvalue weighted by molar-refractivity contribution is 6.04. The normalized spacial score (nSPS) is 38.7. The van der Waals surface area contributed by atoms with E-state index in [4.69, 9.17) is 23.8 Å². The van der Waals surface area contributed by atoms with E-state index in [1.807, 2.05) is 71.9 Å². The maximum atomic E-state index is 14.6. The number of amides is 6. The number of alkyl halides is 6. The number of hydroxylamine groups is 2. The number of nitrogens with one attached hydrogen (secondary N) is 2. The van der Waals surface area contributed by atoms with Crippen LogP contribution in [-0.2, 0) is 63.8 Å². The third kappa shape index (κ3) is 12.2. The molecule has 8 aliphatic carbocycles. The summed E-state index contributed by atoms with van der Waals surface area (Å²) in [6.45, 7) is 16.2. The van der Waals surface area contributed by atoms with Crippen LogP contribution in [-0.4, -0.2) is 154 Å². The molecule has 19 nitrogen and oxygen atoms in total. The molecule has 1 aromatic carbocycles. The predicted octanol–water partition coefficient (Wildman–Crippen LogP) is 11.7. The first-order valence-corrected chi connectivity index (χ1v) is 36.2. The van der Waals surface area contributed by atoms with Crippen molar-refractivity contribution in [1.82, 2.24) is 25.5 Å². The van der Waals surface area contributed by atoms with Crippen molar-refractivity contribution in [3.63, 3.8) is 0 Å². The second-order valence-corrected chi connectivity index (χ2v) is 31.8. The molecule has 6 amide bonds. The van der Waals surface area contributed by atoms with E-state index >= 15 is 0 Å². The van der Waals surface area contributed by atoms with Crippen molar-refractivity contribution in [2.75, 3.05) is 26.2 Å². The Bertz CT molecular complexity index is 3650. The zero-order valence-corrected chi connectivity index (χ0v) is 58.2. The molecular formula is C75H93F6N5O14. The van der Waals surface area contributed by atoms with E-state index < -0.39 is 107 Å². The Labute approximate surface area is 578 Å². The summed E-state index contributed by atoms with van der Waals surface area (Å²) in [5.74, 6) is -6.05. The van der Waals surface area contributed by atoms with Crippen molar-refractivity contribution in [1.29, 1.82) is 0 Å². The van der Waals surface area contributed by atoms with Gasteiger partial charge in [0.25, 0.3) is 11.8 Å². The number of hydrogen-bond donors (Lipinski definition) is 2. The number of fused-ring (bicyclic) bond motifs is 12. The van der Waals surface area contributed by atoms with Crippen LogP contribution < -0.4 is 10.6 Å². The highest BCUT2D eigenvalue weighted by Crippen LogP contribution is 2.67. The number of hydrogen-bond acceptors (Lipinski definition) is 14. The highest BCUT2D eigenvalue weighted by atomic mass is 19.4. The lowest BCUT2D eigenvalue weighted by atomic mass is 9.56. The molecule has 1 aromatic rings. The third-order valence-corrected chi connectivity index (χ3v) is 26.3. The van der Waals surface area contributed by atoms with Gasteiger partial charge in [-0.2, -0.15) is 26.3 Å². The third-order valence-electron chi connectivity index (χ3n) is 26.3. The number of nitrogens with zero attached hydrogens (tertiary/aromatic N) is 3. The number of halogens is 6. The van der Waals surface area contributed by atoms with Crippen LogP contribution in [0.4, 0.5) is 35.9 Å². The predicted molar refractivity (Wildman–Crippen MR) is 347 cm³/mol. The molecule has 4 saturated carbocycles. The standard InChI is InChI=1S/C41H52F3N3O6.C34H41F3N2O8/c1-23-20-31-35(47(22-23)37(50)41(42,43)44)25(3)40(53-31)17-15-29-30-12-11-27-21-28(14-16-39(27,4)34(30)36(49)33(29)24(40)2)52-38(51)46-19-18-45-32(48)13-10-26-8-6-5-7-9-26;1-16-13-23-28(38(15-16)30(43)34(35,36)37)18(3)33(46-23)12-10-21-22-6-5-19-14-20(45-31(44)47-39-24(40)7-8-25(39)41)9-11-32(19,4)27(22)29(42)26(21)17(33)2/h5-9,11,23,25,28-31,34-35H,10,12-22H2,1-4H3,(H,45,48)(H,46,51);5,16,18,20-23,27-28H,6-15H2,1-4H3/t23-,25+,28-,29-,30-,31+,34+,35-,39-,40?;16-,18+,20-,21-,22-,23+,27+,28-,32-,33?/m00/s1. The van der Waals surface area contributed by atoms with Gasteiger partial charge >= 0.3 is 36.4 Å². The van der Waals surface area contributed by atoms with Crippen molar-refractivity contribution in [2.45, 2.75) is 231 Å². The smallest absolute Gasteiger partial charge is 0.446 e. The van der Waals surface area contributed by atoms with Gasteiger partial charge in [-0.15, -0.1) is 0 Å². The number of alkyl carbamates (subject to hydrolysis) is 1. The lowest BCUT2D eigenvalue weighted by Gasteiger charge is -2.48. The minimum absolute atomic E-state index is 0.0116. The summed E-state index contributed by atoms with van der Waals surface area (Å²) in [6, 6.07) is 8.36. The Hall–Kier alpha value is -6.89. The molecule has 14 rings (SSSR count). The number of imide groups is 1. The van der Waals surface area contributed by atoms with Gasteiger partial charge in [0.1, 0.15) is 12.2 Å². The van der Waals surface area contributed by atoms with Crippen molar-refractivity contribution in [2.24, 2.45) is 70.0 Å². The minimum atomic E-state index is -4.98. The number of allylic oxidation sites excluding steroid dienone is 4. The Kier molecular flexibility index (Phi) is 18.9. The molecule has 25 heteroatoms.